The number of benzene rings is 2. The number of carbonyl (C=O) groups is 1. The van der Waals surface area contributed by atoms with Crippen LogP contribution in [-0.2, 0) is 14.8 Å². The van der Waals surface area contributed by atoms with Gasteiger partial charge in [0.1, 0.15) is 11.9 Å². The molecule has 1 atom stereocenters. The van der Waals surface area contributed by atoms with E-state index >= 15 is 0 Å². The van der Waals surface area contributed by atoms with Gasteiger partial charge in [0.2, 0.25) is 15.9 Å². The maximum Gasteiger partial charge on any atom is 0.245 e. The highest BCUT2D eigenvalue weighted by atomic mass is 79.9. The molecule has 0 aliphatic carbocycles. The third kappa shape index (κ3) is 3.61. The van der Waals surface area contributed by atoms with Crippen molar-refractivity contribution in [2.75, 3.05) is 11.4 Å². The molecule has 0 aromatic heterocycles. The lowest BCUT2D eigenvalue weighted by molar-refractivity contribution is -0.118. The molecule has 1 aliphatic heterocycles. The molecule has 1 fully saturated rings. The van der Waals surface area contributed by atoms with E-state index in [2.05, 4.69) is 20.7 Å². The van der Waals surface area contributed by atoms with Crippen LogP contribution >= 0.6 is 15.9 Å². The lowest BCUT2D eigenvalue weighted by atomic mass is 10.2. The fourth-order valence-corrected chi connectivity index (χ4v) is 4.98. The predicted molar refractivity (Wildman–Crippen MR) is 96.4 cm³/mol. The molecule has 1 amide bonds. The zero-order valence-electron chi connectivity index (χ0n) is 13.4. The first kappa shape index (κ1) is 18.0. The Morgan fingerprint density at radius 2 is 1.96 bits per heavy atom. The highest BCUT2D eigenvalue weighted by Gasteiger charge is 2.36. The maximum atomic E-state index is 13.4. The van der Waals surface area contributed by atoms with Gasteiger partial charge in [-0.05, 0) is 65.2 Å². The normalized spacial score (nSPS) is 18.0. The molecule has 2 aromatic rings. The van der Waals surface area contributed by atoms with Gasteiger partial charge in [0.15, 0.2) is 0 Å². The highest BCUT2D eigenvalue weighted by Crippen LogP contribution is 2.26. The third-order valence-corrected chi connectivity index (χ3v) is 6.57. The summed E-state index contributed by atoms with van der Waals surface area (Å²) in [6.45, 7) is 1.99. The van der Waals surface area contributed by atoms with Gasteiger partial charge in [0, 0.05) is 16.7 Å². The topological polar surface area (TPSA) is 66.5 Å². The van der Waals surface area contributed by atoms with Crippen molar-refractivity contribution in [3.63, 3.8) is 0 Å². The average Bonchev–Trinajstić information content (AvgIpc) is 2.91. The monoisotopic (exact) mass is 426 g/mol. The zero-order chi connectivity index (χ0) is 18.2. The van der Waals surface area contributed by atoms with Crippen LogP contribution < -0.4 is 9.62 Å². The number of amides is 1. The molecule has 5 nitrogen and oxygen atoms in total. The quantitative estimate of drug-likeness (QED) is 0.816. The van der Waals surface area contributed by atoms with E-state index in [9.17, 15) is 17.6 Å². The summed E-state index contributed by atoms with van der Waals surface area (Å²) in [5.41, 5.74) is 0.994. The number of halogens is 2. The van der Waals surface area contributed by atoms with Crippen molar-refractivity contribution in [1.29, 1.82) is 0 Å². The number of hydrogen-bond acceptors (Lipinski definition) is 3. The lowest BCUT2D eigenvalue weighted by Gasteiger charge is -2.18. The van der Waals surface area contributed by atoms with Crippen molar-refractivity contribution < 1.29 is 17.6 Å². The minimum Gasteiger partial charge on any atom is -0.311 e. The van der Waals surface area contributed by atoms with Gasteiger partial charge in [0.05, 0.1) is 4.90 Å². The summed E-state index contributed by atoms with van der Waals surface area (Å²) in [5.74, 6) is -0.691. The molecule has 2 aromatic carbocycles. The fourth-order valence-electron chi connectivity index (χ4n) is 2.76. The Kier molecular flexibility index (Phi) is 4.95. The molecule has 1 heterocycles. The van der Waals surface area contributed by atoms with Crippen LogP contribution in [-0.4, -0.2) is 26.9 Å². The van der Waals surface area contributed by atoms with E-state index in [0.717, 1.165) is 0 Å². The van der Waals surface area contributed by atoms with Crippen molar-refractivity contribution in [3.8, 4) is 0 Å². The van der Waals surface area contributed by atoms with Gasteiger partial charge >= 0.3 is 0 Å². The van der Waals surface area contributed by atoms with Crippen molar-refractivity contribution in [3.05, 3.63) is 58.3 Å². The van der Waals surface area contributed by atoms with Crippen molar-refractivity contribution in [1.82, 2.24) is 4.72 Å². The van der Waals surface area contributed by atoms with Crippen LogP contribution in [0.15, 0.2) is 51.8 Å². The minimum atomic E-state index is -3.83. The van der Waals surface area contributed by atoms with Crippen LogP contribution in [0.1, 0.15) is 12.0 Å². The first-order chi connectivity index (χ1) is 11.8. The summed E-state index contributed by atoms with van der Waals surface area (Å²) in [6, 6.07) is 9.97. The molecule has 1 unspecified atom stereocenters. The summed E-state index contributed by atoms with van der Waals surface area (Å²) in [6.07, 6.45) is 0.346. The summed E-state index contributed by atoms with van der Waals surface area (Å²) in [7, 11) is -3.83. The molecular weight excluding hydrogens is 411 g/mol. The second kappa shape index (κ2) is 6.86. The molecule has 1 saturated heterocycles. The number of hydrogen-bond donors (Lipinski definition) is 1. The van der Waals surface area contributed by atoms with E-state index in [4.69, 9.17) is 0 Å². The first-order valence-electron chi connectivity index (χ1n) is 7.64. The second-order valence-corrected chi connectivity index (χ2v) is 8.35. The number of carbonyl (C=O) groups excluding carboxylic acids is 1. The summed E-state index contributed by atoms with van der Waals surface area (Å²) >= 11 is 3.21. The predicted octanol–water partition coefficient (Wildman–Crippen LogP) is 2.98. The van der Waals surface area contributed by atoms with Gasteiger partial charge in [-0.25, -0.2) is 12.8 Å². The van der Waals surface area contributed by atoms with Crippen LogP contribution in [0.4, 0.5) is 10.1 Å². The molecular formula is C17H16BrFN2O3S. The molecule has 0 bridgehead atoms. The fraction of sp³-hybridized carbons (Fsp3) is 0.235. The van der Waals surface area contributed by atoms with E-state index in [1.165, 1.54) is 23.1 Å². The number of sulfonamides is 1. The molecule has 132 valence electrons. The molecule has 25 heavy (non-hydrogen) atoms. The van der Waals surface area contributed by atoms with Gasteiger partial charge < -0.3 is 4.90 Å². The molecule has 8 heteroatoms. The maximum absolute atomic E-state index is 13.4. The molecule has 3 rings (SSSR count). The molecule has 1 aliphatic rings. The zero-order valence-corrected chi connectivity index (χ0v) is 15.8. The number of nitrogens with one attached hydrogen (secondary N) is 1. The SMILES string of the molecule is Cc1cc(N2CCC(NS(=O)(=O)c3ccccc3Br)C2=O)ccc1F. The second-order valence-electron chi connectivity index (χ2n) is 5.82. The smallest absolute Gasteiger partial charge is 0.245 e. The number of aryl methyl sites for hydroxylation is 1. The third-order valence-electron chi connectivity index (χ3n) is 4.08. The van der Waals surface area contributed by atoms with Gasteiger partial charge in [-0.15, -0.1) is 0 Å². The molecule has 0 radical (unpaired) electrons. The standard InChI is InChI=1S/C17H16BrFN2O3S/c1-11-10-12(6-7-14(11)19)21-9-8-15(17(21)22)20-25(23,24)16-5-3-2-4-13(16)18/h2-7,10,15,20H,8-9H2,1H3. The van der Waals surface area contributed by atoms with Gasteiger partial charge in [0.25, 0.3) is 0 Å². The summed E-state index contributed by atoms with van der Waals surface area (Å²) < 4.78 is 41.4. The van der Waals surface area contributed by atoms with Crippen LogP contribution in [0.5, 0.6) is 0 Å². The van der Waals surface area contributed by atoms with E-state index in [-0.39, 0.29) is 16.6 Å². The summed E-state index contributed by atoms with van der Waals surface area (Å²) in [5, 5.41) is 0. The first-order valence-corrected chi connectivity index (χ1v) is 9.91. The average molecular weight is 427 g/mol. The molecule has 1 N–H and O–H groups in total. The van der Waals surface area contributed by atoms with E-state index in [1.54, 1.807) is 31.2 Å². The Labute approximate surface area is 154 Å². The lowest BCUT2D eigenvalue weighted by Crippen LogP contribution is -2.41. The van der Waals surface area contributed by atoms with Crippen molar-refractivity contribution in [2.45, 2.75) is 24.3 Å². The molecule has 0 saturated carbocycles. The Bertz CT molecular complexity index is 933. The van der Waals surface area contributed by atoms with Crippen LogP contribution in [0.2, 0.25) is 0 Å². The Morgan fingerprint density at radius 1 is 1.24 bits per heavy atom. The number of anilines is 1. The van der Waals surface area contributed by atoms with Crippen molar-refractivity contribution >= 4 is 37.5 Å². The van der Waals surface area contributed by atoms with Crippen LogP contribution in [0.3, 0.4) is 0 Å². The number of nitrogens with zero attached hydrogens (tertiary/aromatic N) is 1. The van der Waals surface area contributed by atoms with Crippen molar-refractivity contribution in [2.24, 2.45) is 0 Å². The number of rotatable bonds is 4. The Hall–Kier alpha value is -1.77. The minimum absolute atomic E-state index is 0.0823. The molecule has 0 spiro atoms. The van der Waals surface area contributed by atoms with E-state index in [0.29, 0.717) is 28.7 Å². The van der Waals surface area contributed by atoms with Gasteiger partial charge in [-0.2, -0.15) is 4.72 Å². The van der Waals surface area contributed by atoms with Gasteiger partial charge in [-0.1, -0.05) is 12.1 Å². The van der Waals surface area contributed by atoms with Crippen LogP contribution in [0, 0.1) is 12.7 Å². The van der Waals surface area contributed by atoms with Crippen LogP contribution in [0.25, 0.3) is 0 Å². The van der Waals surface area contributed by atoms with Gasteiger partial charge in [-0.3, -0.25) is 4.79 Å². The largest absolute Gasteiger partial charge is 0.311 e. The van der Waals surface area contributed by atoms with E-state index in [1.807, 2.05) is 0 Å². The summed E-state index contributed by atoms with van der Waals surface area (Å²) in [4.78, 5) is 14.1. The Balaban J connectivity index is 1.80. The highest BCUT2D eigenvalue weighted by molar-refractivity contribution is 9.10. The Morgan fingerprint density at radius 3 is 2.64 bits per heavy atom. The van der Waals surface area contributed by atoms with E-state index < -0.39 is 16.1 Å².